The molecule has 0 atom stereocenters. The molecule has 188 valence electrons. The zero-order valence-corrected chi connectivity index (χ0v) is 20.7. The monoisotopic (exact) mass is 488 g/mol. The molecule has 2 fully saturated rings. The quantitative estimate of drug-likeness (QED) is 0.586. The van der Waals surface area contributed by atoms with Gasteiger partial charge in [0.15, 0.2) is 0 Å². The highest BCUT2D eigenvalue weighted by atomic mass is 16.3. The van der Waals surface area contributed by atoms with Gasteiger partial charge < -0.3 is 24.7 Å². The smallest absolute Gasteiger partial charge is 0.258 e. The predicted octanol–water partition coefficient (Wildman–Crippen LogP) is 2.69. The molecular weight excluding hydrogens is 456 g/mol. The third-order valence-corrected chi connectivity index (χ3v) is 7.82. The molecular formula is C27H32N6O3. The van der Waals surface area contributed by atoms with Gasteiger partial charge in [0.1, 0.15) is 5.75 Å². The summed E-state index contributed by atoms with van der Waals surface area (Å²) in [7, 11) is 2.15. The third-order valence-electron chi connectivity index (χ3n) is 7.82. The molecule has 0 unspecified atom stereocenters. The standard InChI is InChI=1S/C27H32N6O3/c1-30-8-10-31(11-9-30)20-6-5-18-15-33(16-19(18)12-20)27(36)22-13-21-23(14-25(22)34)28-29-24(21)17-32-7-3-2-4-26(32)35/h5-6,12-14,34H,2-4,7-11,15-17H2,1H3,(H,28,29). The molecule has 6 rings (SSSR count). The zero-order chi connectivity index (χ0) is 24.8. The summed E-state index contributed by atoms with van der Waals surface area (Å²) in [5, 5.41) is 18.8. The van der Waals surface area contributed by atoms with E-state index in [0.717, 1.165) is 67.8 Å². The van der Waals surface area contributed by atoms with Crippen LogP contribution >= 0.6 is 0 Å². The Morgan fingerprint density at radius 2 is 1.83 bits per heavy atom. The molecule has 0 radical (unpaired) electrons. The average molecular weight is 489 g/mol. The number of nitrogens with zero attached hydrogens (tertiary/aromatic N) is 5. The molecule has 4 heterocycles. The van der Waals surface area contributed by atoms with E-state index in [1.807, 2.05) is 4.90 Å². The van der Waals surface area contributed by atoms with Crippen molar-refractivity contribution in [2.45, 2.75) is 38.9 Å². The highest BCUT2D eigenvalue weighted by Crippen LogP contribution is 2.32. The Kier molecular flexibility index (Phi) is 5.79. The van der Waals surface area contributed by atoms with Crippen molar-refractivity contribution in [2.24, 2.45) is 0 Å². The Labute approximate surface area is 210 Å². The molecule has 0 bridgehead atoms. The fraction of sp³-hybridized carbons (Fsp3) is 0.444. The first-order valence-electron chi connectivity index (χ1n) is 12.8. The number of piperazine rings is 1. The molecule has 3 aromatic rings. The Bertz CT molecular complexity index is 1330. The molecule has 0 spiro atoms. The van der Waals surface area contributed by atoms with Crippen LogP contribution in [0.5, 0.6) is 5.75 Å². The highest BCUT2D eigenvalue weighted by molar-refractivity contribution is 6.01. The van der Waals surface area contributed by atoms with Gasteiger partial charge in [0, 0.05) is 69.4 Å². The number of carbonyl (C=O) groups excluding carboxylic acids is 2. The summed E-state index contributed by atoms with van der Waals surface area (Å²) in [6, 6.07) is 9.75. The number of amides is 2. The summed E-state index contributed by atoms with van der Waals surface area (Å²) in [6.07, 6.45) is 2.50. The van der Waals surface area contributed by atoms with Crippen molar-refractivity contribution < 1.29 is 14.7 Å². The number of piperidine rings is 1. The minimum Gasteiger partial charge on any atom is -0.507 e. The first kappa shape index (κ1) is 22.8. The second-order valence-electron chi connectivity index (χ2n) is 10.3. The van der Waals surface area contributed by atoms with Gasteiger partial charge in [0.2, 0.25) is 5.91 Å². The van der Waals surface area contributed by atoms with E-state index >= 15 is 0 Å². The Hall–Kier alpha value is -3.59. The second-order valence-corrected chi connectivity index (χ2v) is 10.3. The van der Waals surface area contributed by atoms with Crippen LogP contribution in [0, 0.1) is 0 Å². The van der Waals surface area contributed by atoms with Gasteiger partial charge >= 0.3 is 0 Å². The van der Waals surface area contributed by atoms with Gasteiger partial charge in [-0.1, -0.05) is 6.07 Å². The van der Waals surface area contributed by atoms with E-state index < -0.39 is 0 Å². The summed E-state index contributed by atoms with van der Waals surface area (Å²) < 4.78 is 0. The molecule has 0 aliphatic carbocycles. The maximum absolute atomic E-state index is 13.5. The number of hydrogen-bond acceptors (Lipinski definition) is 6. The number of aromatic hydroxyl groups is 1. The number of fused-ring (bicyclic) bond motifs is 2. The highest BCUT2D eigenvalue weighted by Gasteiger charge is 2.28. The van der Waals surface area contributed by atoms with Gasteiger partial charge in [0.05, 0.1) is 23.3 Å². The average Bonchev–Trinajstić information content (AvgIpc) is 3.48. The van der Waals surface area contributed by atoms with Crippen LogP contribution in [0.4, 0.5) is 5.69 Å². The maximum Gasteiger partial charge on any atom is 0.258 e. The number of nitrogens with one attached hydrogen (secondary N) is 1. The fourth-order valence-corrected chi connectivity index (χ4v) is 5.57. The molecule has 3 aliphatic heterocycles. The summed E-state index contributed by atoms with van der Waals surface area (Å²) >= 11 is 0. The van der Waals surface area contributed by atoms with E-state index in [1.54, 1.807) is 11.0 Å². The Morgan fingerprint density at radius 3 is 2.64 bits per heavy atom. The summed E-state index contributed by atoms with van der Waals surface area (Å²) in [4.78, 5) is 34.2. The number of carbonyl (C=O) groups is 2. The lowest BCUT2D eigenvalue weighted by molar-refractivity contribution is -0.133. The number of rotatable bonds is 4. The van der Waals surface area contributed by atoms with Crippen LogP contribution in [-0.2, 0) is 24.4 Å². The lowest BCUT2D eigenvalue weighted by Crippen LogP contribution is -2.44. The fourth-order valence-electron chi connectivity index (χ4n) is 5.57. The van der Waals surface area contributed by atoms with Crippen LogP contribution in [-0.4, -0.2) is 81.6 Å². The maximum atomic E-state index is 13.5. The van der Waals surface area contributed by atoms with E-state index in [2.05, 4.69) is 45.2 Å². The third kappa shape index (κ3) is 4.17. The summed E-state index contributed by atoms with van der Waals surface area (Å²) in [5.41, 5.74) is 5.15. The molecule has 2 N–H and O–H groups in total. The topological polar surface area (TPSA) is 96.0 Å². The van der Waals surface area contributed by atoms with Gasteiger partial charge in [-0.15, -0.1) is 0 Å². The zero-order valence-electron chi connectivity index (χ0n) is 20.7. The molecule has 1 aromatic heterocycles. The lowest BCUT2D eigenvalue weighted by Gasteiger charge is -2.34. The molecule has 2 aromatic carbocycles. The van der Waals surface area contributed by atoms with Crippen molar-refractivity contribution in [3.63, 3.8) is 0 Å². The largest absolute Gasteiger partial charge is 0.507 e. The Balaban J connectivity index is 1.22. The van der Waals surface area contributed by atoms with Crippen LogP contribution in [0.1, 0.15) is 46.4 Å². The number of aromatic amines is 1. The number of H-pyrrole nitrogens is 1. The molecule has 0 saturated carbocycles. The van der Waals surface area contributed by atoms with Crippen LogP contribution in [0.3, 0.4) is 0 Å². The first-order valence-corrected chi connectivity index (χ1v) is 12.8. The number of phenols is 1. The minimum atomic E-state index is -0.201. The van der Waals surface area contributed by atoms with Crippen molar-refractivity contribution in [3.8, 4) is 5.75 Å². The number of benzene rings is 2. The van der Waals surface area contributed by atoms with Crippen molar-refractivity contribution in [1.82, 2.24) is 24.9 Å². The molecule has 36 heavy (non-hydrogen) atoms. The molecule has 9 heteroatoms. The number of anilines is 1. The minimum absolute atomic E-state index is 0.0753. The van der Waals surface area contributed by atoms with Crippen LogP contribution < -0.4 is 4.90 Å². The van der Waals surface area contributed by atoms with E-state index in [0.29, 0.717) is 31.6 Å². The number of phenolic OH excluding ortho intramolecular Hbond substituents is 1. The molecule has 2 saturated heterocycles. The normalized spacial score (nSPS) is 18.8. The van der Waals surface area contributed by atoms with Gasteiger partial charge in [-0.2, -0.15) is 5.10 Å². The summed E-state index contributed by atoms with van der Waals surface area (Å²) in [6.45, 7) is 6.30. The molecule has 3 aliphatic rings. The van der Waals surface area contributed by atoms with Gasteiger partial charge in [-0.05, 0) is 49.2 Å². The van der Waals surface area contributed by atoms with Crippen molar-refractivity contribution >= 4 is 28.4 Å². The van der Waals surface area contributed by atoms with E-state index in [1.165, 1.54) is 11.8 Å². The van der Waals surface area contributed by atoms with Crippen LogP contribution in [0.25, 0.3) is 10.9 Å². The summed E-state index contributed by atoms with van der Waals surface area (Å²) in [5.74, 6) is -0.133. The van der Waals surface area contributed by atoms with Gasteiger partial charge in [-0.25, -0.2) is 0 Å². The van der Waals surface area contributed by atoms with E-state index in [9.17, 15) is 14.7 Å². The van der Waals surface area contributed by atoms with Crippen molar-refractivity contribution in [3.05, 3.63) is 52.7 Å². The predicted molar refractivity (Wildman–Crippen MR) is 137 cm³/mol. The lowest BCUT2D eigenvalue weighted by atomic mass is 10.1. The Morgan fingerprint density at radius 1 is 1.03 bits per heavy atom. The SMILES string of the molecule is CN1CCN(c2ccc3c(c2)CN(C(=O)c2cc4c(CN5CCCCC5=O)[nH]nc4cc2O)C3)CC1. The van der Waals surface area contributed by atoms with E-state index in [4.69, 9.17) is 0 Å². The van der Waals surface area contributed by atoms with Crippen molar-refractivity contribution in [2.75, 3.05) is 44.7 Å². The van der Waals surface area contributed by atoms with Gasteiger partial charge in [-0.3, -0.25) is 14.7 Å². The molecule has 9 nitrogen and oxygen atoms in total. The van der Waals surface area contributed by atoms with E-state index in [-0.39, 0.29) is 23.1 Å². The first-order chi connectivity index (χ1) is 17.5. The number of aromatic nitrogens is 2. The van der Waals surface area contributed by atoms with Gasteiger partial charge in [0.25, 0.3) is 5.91 Å². The number of likely N-dealkylation sites (tertiary alicyclic amines) is 1. The number of hydrogen-bond donors (Lipinski definition) is 2. The van der Waals surface area contributed by atoms with Crippen LogP contribution in [0.15, 0.2) is 30.3 Å². The molecule has 2 amide bonds. The second kappa shape index (κ2) is 9.13. The van der Waals surface area contributed by atoms with Crippen molar-refractivity contribution in [1.29, 1.82) is 0 Å². The number of likely N-dealkylation sites (N-methyl/N-ethyl adjacent to an activating group) is 1. The van der Waals surface area contributed by atoms with Crippen LogP contribution in [0.2, 0.25) is 0 Å².